The minimum Gasteiger partial charge on any atom is -0.493 e. The minimum atomic E-state index is -0.975. The molecule has 134 valence electrons. The van der Waals surface area contributed by atoms with Gasteiger partial charge < -0.3 is 24.2 Å². The predicted octanol–water partition coefficient (Wildman–Crippen LogP) is 2.55. The number of nitrogens with zero attached hydrogens (tertiary/aromatic N) is 1. The van der Waals surface area contributed by atoms with Gasteiger partial charge in [0.1, 0.15) is 5.75 Å². The molecule has 0 bridgehead atoms. The van der Waals surface area contributed by atoms with Gasteiger partial charge in [0.2, 0.25) is 12.7 Å². The Hall–Kier alpha value is -3.22. The van der Waals surface area contributed by atoms with Crippen molar-refractivity contribution < 1.29 is 28.9 Å². The van der Waals surface area contributed by atoms with E-state index in [4.69, 9.17) is 19.3 Å². The van der Waals surface area contributed by atoms with E-state index >= 15 is 0 Å². The molecule has 2 aliphatic rings. The maximum atomic E-state index is 12.3. The van der Waals surface area contributed by atoms with Gasteiger partial charge in [-0.1, -0.05) is 0 Å². The van der Waals surface area contributed by atoms with E-state index in [-0.39, 0.29) is 24.2 Å². The third-order valence-electron chi connectivity index (χ3n) is 4.46. The number of carboxylic acid groups (broad SMARTS) is 1. The fraction of sp³-hybridized carbons (Fsp3) is 0.263. The Morgan fingerprint density at radius 1 is 1.15 bits per heavy atom. The standard InChI is InChI=1S/C19H17NO6/c21-18-7-12(10-24-15-4-1-13(2-5-15)19(22)23)9-20(18)14-3-6-16-17(8-14)26-11-25-16/h1-6,8,12H,7,9-11H2,(H,22,23). The smallest absolute Gasteiger partial charge is 0.335 e. The number of carboxylic acids is 1. The van der Waals surface area contributed by atoms with E-state index in [2.05, 4.69) is 0 Å². The zero-order chi connectivity index (χ0) is 18.1. The van der Waals surface area contributed by atoms with Crippen molar-refractivity contribution in [2.75, 3.05) is 24.8 Å². The average Bonchev–Trinajstić information content (AvgIpc) is 3.25. The Morgan fingerprint density at radius 3 is 2.69 bits per heavy atom. The van der Waals surface area contributed by atoms with Crippen molar-refractivity contribution in [3.63, 3.8) is 0 Å². The van der Waals surface area contributed by atoms with E-state index in [0.29, 0.717) is 36.8 Å². The molecule has 7 nitrogen and oxygen atoms in total. The summed E-state index contributed by atoms with van der Waals surface area (Å²) in [6.45, 7) is 1.15. The van der Waals surface area contributed by atoms with E-state index in [0.717, 1.165) is 5.69 Å². The van der Waals surface area contributed by atoms with Crippen LogP contribution in [0.15, 0.2) is 42.5 Å². The van der Waals surface area contributed by atoms with Crippen molar-refractivity contribution in [1.82, 2.24) is 0 Å². The van der Waals surface area contributed by atoms with Crippen LogP contribution in [-0.4, -0.2) is 36.9 Å². The monoisotopic (exact) mass is 355 g/mol. The topological polar surface area (TPSA) is 85.3 Å². The Bertz CT molecular complexity index is 848. The fourth-order valence-electron chi connectivity index (χ4n) is 3.10. The first kappa shape index (κ1) is 16.3. The van der Waals surface area contributed by atoms with Crippen LogP contribution in [0.2, 0.25) is 0 Å². The Labute approximate surface area is 149 Å². The molecule has 1 atom stereocenters. The first-order valence-electron chi connectivity index (χ1n) is 8.26. The SMILES string of the molecule is O=C(O)c1ccc(OCC2CC(=O)N(c3ccc4c(c3)OCO4)C2)cc1. The van der Waals surface area contributed by atoms with Crippen LogP contribution in [0.1, 0.15) is 16.8 Å². The second-order valence-corrected chi connectivity index (χ2v) is 6.25. The maximum Gasteiger partial charge on any atom is 0.335 e. The van der Waals surface area contributed by atoms with Gasteiger partial charge in [0.25, 0.3) is 0 Å². The van der Waals surface area contributed by atoms with Crippen molar-refractivity contribution in [1.29, 1.82) is 0 Å². The highest BCUT2D eigenvalue weighted by atomic mass is 16.7. The van der Waals surface area contributed by atoms with Gasteiger partial charge in [0, 0.05) is 30.6 Å². The largest absolute Gasteiger partial charge is 0.493 e. The number of carbonyl (C=O) groups excluding carboxylic acids is 1. The number of anilines is 1. The van der Waals surface area contributed by atoms with E-state index in [1.807, 2.05) is 12.1 Å². The van der Waals surface area contributed by atoms with Gasteiger partial charge in [-0.25, -0.2) is 4.79 Å². The van der Waals surface area contributed by atoms with Gasteiger partial charge in [-0.2, -0.15) is 0 Å². The molecule has 0 saturated carbocycles. The number of hydrogen-bond acceptors (Lipinski definition) is 5. The Morgan fingerprint density at radius 2 is 1.92 bits per heavy atom. The van der Waals surface area contributed by atoms with Crippen LogP contribution in [0, 0.1) is 5.92 Å². The molecule has 2 aliphatic heterocycles. The van der Waals surface area contributed by atoms with Gasteiger partial charge in [0.15, 0.2) is 11.5 Å². The molecule has 4 rings (SSSR count). The van der Waals surface area contributed by atoms with Crippen molar-refractivity contribution in [3.8, 4) is 17.2 Å². The third kappa shape index (κ3) is 3.15. The number of amides is 1. The van der Waals surface area contributed by atoms with Gasteiger partial charge >= 0.3 is 5.97 Å². The van der Waals surface area contributed by atoms with Crippen LogP contribution in [0.25, 0.3) is 0 Å². The third-order valence-corrected chi connectivity index (χ3v) is 4.46. The molecule has 0 aliphatic carbocycles. The van der Waals surface area contributed by atoms with E-state index in [1.165, 1.54) is 12.1 Å². The summed E-state index contributed by atoms with van der Waals surface area (Å²) in [5.74, 6) is 1.05. The lowest BCUT2D eigenvalue weighted by Gasteiger charge is -2.17. The van der Waals surface area contributed by atoms with E-state index in [9.17, 15) is 9.59 Å². The van der Waals surface area contributed by atoms with Crippen LogP contribution in [-0.2, 0) is 4.79 Å². The fourth-order valence-corrected chi connectivity index (χ4v) is 3.10. The summed E-state index contributed by atoms with van der Waals surface area (Å²) in [6, 6.07) is 11.7. The molecule has 2 aromatic carbocycles. The lowest BCUT2D eigenvalue weighted by molar-refractivity contribution is -0.117. The number of rotatable bonds is 5. The maximum absolute atomic E-state index is 12.3. The molecular weight excluding hydrogens is 338 g/mol. The van der Waals surface area contributed by atoms with Crippen molar-refractivity contribution >= 4 is 17.6 Å². The summed E-state index contributed by atoms with van der Waals surface area (Å²) < 4.78 is 16.4. The molecule has 1 unspecified atom stereocenters. The normalized spacial score (nSPS) is 18.2. The average molecular weight is 355 g/mol. The van der Waals surface area contributed by atoms with Crippen molar-refractivity contribution in [2.45, 2.75) is 6.42 Å². The quantitative estimate of drug-likeness (QED) is 0.887. The highest BCUT2D eigenvalue weighted by Crippen LogP contribution is 2.37. The molecule has 0 aromatic heterocycles. The van der Waals surface area contributed by atoms with Gasteiger partial charge in [-0.15, -0.1) is 0 Å². The molecule has 2 aromatic rings. The first-order valence-corrected chi connectivity index (χ1v) is 8.26. The van der Waals surface area contributed by atoms with Crippen LogP contribution in [0.5, 0.6) is 17.2 Å². The molecule has 1 N–H and O–H groups in total. The number of hydrogen-bond donors (Lipinski definition) is 1. The summed E-state index contributed by atoms with van der Waals surface area (Å²) in [6.07, 6.45) is 0.404. The van der Waals surface area contributed by atoms with Gasteiger partial charge in [-0.05, 0) is 36.4 Å². The second kappa shape index (κ2) is 6.59. The number of benzene rings is 2. The summed E-state index contributed by atoms with van der Waals surface area (Å²) in [4.78, 5) is 24.9. The van der Waals surface area contributed by atoms with Crippen LogP contribution in [0.4, 0.5) is 5.69 Å². The molecule has 1 saturated heterocycles. The van der Waals surface area contributed by atoms with Crippen LogP contribution >= 0.6 is 0 Å². The van der Waals surface area contributed by atoms with Crippen molar-refractivity contribution in [3.05, 3.63) is 48.0 Å². The molecular formula is C19H17NO6. The van der Waals surface area contributed by atoms with Crippen LogP contribution in [0.3, 0.4) is 0 Å². The Kier molecular flexibility index (Phi) is 4.12. The lowest BCUT2D eigenvalue weighted by Crippen LogP contribution is -2.25. The Balaban J connectivity index is 1.38. The summed E-state index contributed by atoms with van der Waals surface area (Å²) in [7, 11) is 0. The second-order valence-electron chi connectivity index (χ2n) is 6.25. The van der Waals surface area contributed by atoms with E-state index in [1.54, 1.807) is 23.1 Å². The molecule has 0 radical (unpaired) electrons. The molecule has 26 heavy (non-hydrogen) atoms. The molecule has 7 heteroatoms. The van der Waals surface area contributed by atoms with Gasteiger partial charge in [-0.3, -0.25) is 4.79 Å². The number of fused-ring (bicyclic) bond motifs is 1. The van der Waals surface area contributed by atoms with E-state index < -0.39 is 5.97 Å². The highest BCUT2D eigenvalue weighted by Gasteiger charge is 2.32. The number of ether oxygens (including phenoxy) is 3. The zero-order valence-corrected chi connectivity index (χ0v) is 13.9. The zero-order valence-electron chi connectivity index (χ0n) is 13.9. The molecule has 0 spiro atoms. The molecule has 1 fully saturated rings. The summed E-state index contributed by atoms with van der Waals surface area (Å²) in [5, 5.41) is 8.90. The molecule has 2 heterocycles. The highest BCUT2D eigenvalue weighted by molar-refractivity contribution is 5.96. The predicted molar refractivity (Wildman–Crippen MR) is 91.9 cm³/mol. The first-order chi connectivity index (χ1) is 12.6. The minimum absolute atomic E-state index is 0.0405. The van der Waals surface area contributed by atoms with Crippen LogP contribution < -0.4 is 19.1 Å². The number of aromatic carboxylic acids is 1. The van der Waals surface area contributed by atoms with Gasteiger partial charge in [0.05, 0.1) is 12.2 Å². The number of carbonyl (C=O) groups is 2. The summed E-state index contributed by atoms with van der Waals surface area (Å²) >= 11 is 0. The lowest BCUT2D eigenvalue weighted by atomic mass is 10.1. The summed E-state index contributed by atoms with van der Waals surface area (Å²) in [5.41, 5.74) is 0.995. The van der Waals surface area contributed by atoms with Crippen molar-refractivity contribution in [2.24, 2.45) is 5.92 Å². The molecule has 1 amide bonds.